The molecule has 0 saturated heterocycles. The Morgan fingerprint density at radius 3 is 1.15 bits per heavy atom. The van der Waals surface area contributed by atoms with Gasteiger partial charge in [-0.3, -0.25) is 0 Å². The number of rotatable bonds is 15. The number of phenolic OH excluding ortho intramolecular Hbond substituents is 1. The Hall–Kier alpha value is -3.32. The third-order valence-corrected chi connectivity index (χ3v) is 10.2. The van der Waals surface area contributed by atoms with Gasteiger partial charge >= 0.3 is 0 Å². The second kappa shape index (κ2) is 15.1. The third kappa shape index (κ3) is 8.14. The third-order valence-electron chi connectivity index (χ3n) is 10.2. The Morgan fingerprint density at radius 1 is 0.413 bits per heavy atom. The van der Waals surface area contributed by atoms with Crippen LogP contribution in [0.4, 0.5) is 0 Å². The van der Waals surface area contributed by atoms with E-state index in [9.17, 15) is 5.11 Å². The standard InChI is InChI=1S/C45H60O/c1-10-19-33-22-13-16-25-39(33)43(4,5)30-36-28-29-42(46)38(32-45(8,9)41-27-18-15-24-35(41)21-12-3)37(36)31-44(6,7)40-26-17-14-23-34(40)20-11-2/h13-18,22-29,46H,10-12,19-21,30-32H2,1-9H3. The summed E-state index contributed by atoms with van der Waals surface area (Å²) in [6.45, 7) is 21.2. The predicted octanol–water partition coefficient (Wildman–Crippen LogP) is 11.8. The molecule has 1 N–H and O–H groups in total. The minimum absolute atomic E-state index is 0.0533. The van der Waals surface area contributed by atoms with Gasteiger partial charge in [0.1, 0.15) is 5.75 Å². The molecule has 4 aromatic rings. The van der Waals surface area contributed by atoms with E-state index in [-0.39, 0.29) is 16.2 Å². The summed E-state index contributed by atoms with van der Waals surface area (Å²) >= 11 is 0. The number of aryl methyl sites for hydroxylation is 3. The van der Waals surface area contributed by atoms with Crippen molar-refractivity contribution in [3.63, 3.8) is 0 Å². The van der Waals surface area contributed by atoms with Crippen molar-refractivity contribution in [1.82, 2.24) is 0 Å². The average Bonchev–Trinajstić information content (AvgIpc) is 3.01. The van der Waals surface area contributed by atoms with Crippen molar-refractivity contribution in [2.45, 2.75) is 136 Å². The van der Waals surface area contributed by atoms with E-state index in [0.29, 0.717) is 5.75 Å². The summed E-state index contributed by atoms with van der Waals surface area (Å²) < 4.78 is 0. The Kier molecular flexibility index (Phi) is 11.6. The van der Waals surface area contributed by atoms with Crippen molar-refractivity contribution in [2.24, 2.45) is 0 Å². The summed E-state index contributed by atoms with van der Waals surface area (Å²) in [6, 6.07) is 31.2. The van der Waals surface area contributed by atoms with Crippen molar-refractivity contribution < 1.29 is 5.11 Å². The summed E-state index contributed by atoms with van der Waals surface area (Å²) in [7, 11) is 0. The normalized spacial score (nSPS) is 12.5. The minimum atomic E-state index is -0.135. The van der Waals surface area contributed by atoms with Gasteiger partial charge in [0.25, 0.3) is 0 Å². The summed E-state index contributed by atoms with van der Waals surface area (Å²) in [6.07, 6.45) is 9.25. The van der Waals surface area contributed by atoms with Crippen molar-refractivity contribution in [1.29, 1.82) is 0 Å². The van der Waals surface area contributed by atoms with Crippen LogP contribution >= 0.6 is 0 Å². The molecule has 0 amide bonds. The zero-order valence-electron chi connectivity index (χ0n) is 30.4. The van der Waals surface area contributed by atoms with Crippen LogP contribution in [-0.2, 0) is 54.8 Å². The number of hydrogen-bond acceptors (Lipinski definition) is 1. The molecule has 0 aliphatic carbocycles. The first-order chi connectivity index (χ1) is 21.8. The Morgan fingerprint density at radius 2 is 0.761 bits per heavy atom. The maximum Gasteiger partial charge on any atom is 0.119 e. The van der Waals surface area contributed by atoms with Crippen LogP contribution in [0.5, 0.6) is 5.75 Å². The predicted molar refractivity (Wildman–Crippen MR) is 200 cm³/mol. The maximum absolute atomic E-state index is 11.7. The zero-order chi connectivity index (χ0) is 33.5. The monoisotopic (exact) mass is 616 g/mol. The van der Waals surface area contributed by atoms with E-state index >= 15 is 0 Å². The Bertz CT molecular complexity index is 1580. The highest BCUT2D eigenvalue weighted by Crippen LogP contribution is 2.42. The van der Waals surface area contributed by atoms with E-state index in [1.165, 1.54) is 44.5 Å². The van der Waals surface area contributed by atoms with Crippen LogP contribution in [0.1, 0.15) is 132 Å². The molecule has 0 fully saturated rings. The maximum atomic E-state index is 11.7. The molecule has 0 aromatic heterocycles. The van der Waals surface area contributed by atoms with Gasteiger partial charge in [0, 0.05) is 0 Å². The second-order valence-corrected chi connectivity index (χ2v) is 15.6. The highest BCUT2D eigenvalue weighted by Gasteiger charge is 2.33. The van der Waals surface area contributed by atoms with Crippen molar-refractivity contribution in [3.8, 4) is 5.75 Å². The first kappa shape index (κ1) is 35.5. The molecule has 0 heterocycles. The lowest BCUT2D eigenvalue weighted by molar-refractivity contribution is 0.438. The quantitative estimate of drug-likeness (QED) is 0.141. The molecular formula is C45H60O. The van der Waals surface area contributed by atoms with Gasteiger partial charge in [-0.05, 0) is 111 Å². The summed E-state index contributed by atoms with van der Waals surface area (Å²) in [4.78, 5) is 0. The lowest BCUT2D eigenvalue weighted by atomic mass is 9.69. The highest BCUT2D eigenvalue weighted by atomic mass is 16.3. The molecule has 0 unspecified atom stereocenters. The first-order valence-corrected chi connectivity index (χ1v) is 17.9. The van der Waals surface area contributed by atoms with Crippen LogP contribution in [0, 0.1) is 0 Å². The minimum Gasteiger partial charge on any atom is -0.508 e. The van der Waals surface area contributed by atoms with Crippen molar-refractivity contribution in [2.75, 3.05) is 0 Å². The fourth-order valence-electron chi connectivity index (χ4n) is 7.96. The van der Waals surface area contributed by atoms with Gasteiger partial charge in [0.05, 0.1) is 0 Å². The van der Waals surface area contributed by atoms with Crippen LogP contribution in [0.25, 0.3) is 0 Å². The molecule has 4 rings (SSSR count). The van der Waals surface area contributed by atoms with Crippen molar-refractivity contribution in [3.05, 3.63) is 135 Å². The van der Waals surface area contributed by atoms with Gasteiger partial charge < -0.3 is 5.11 Å². The number of benzene rings is 4. The lowest BCUT2D eigenvalue weighted by Gasteiger charge is -2.35. The number of hydrogen-bond donors (Lipinski definition) is 1. The molecule has 0 atom stereocenters. The molecular weight excluding hydrogens is 556 g/mol. The molecule has 1 heteroatoms. The fraction of sp³-hybridized carbons (Fsp3) is 0.467. The zero-order valence-corrected chi connectivity index (χ0v) is 30.4. The van der Waals surface area contributed by atoms with Gasteiger partial charge in [-0.1, -0.05) is 160 Å². The Labute approximate surface area is 281 Å². The van der Waals surface area contributed by atoms with E-state index < -0.39 is 0 Å². The topological polar surface area (TPSA) is 20.2 Å². The fourth-order valence-corrected chi connectivity index (χ4v) is 7.96. The molecule has 0 radical (unpaired) electrons. The molecule has 46 heavy (non-hydrogen) atoms. The number of phenols is 1. The van der Waals surface area contributed by atoms with Gasteiger partial charge in [0.15, 0.2) is 0 Å². The van der Waals surface area contributed by atoms with E-state index in [2.05, 4.69) is 141 Å². The van der Waals surface area contributed by atoms with Crippen molar-refractivity contribution >= 4 is 0 Å². The molecule has 0 bridgehead atoms. The largest absolute Gasteiger partial charge is 0.508 e. The van der Waals surface area contributed by atoms with E-state index in [4.69, 9.17) is 0 Å². The molecule has 0 saturated carbocycles. The van der Waals surface area contributed by atoms with Gasteiger partial charge in [0.2, 0.25) is 0 Å². The smallest absolute Gasteiger partial charge is 0.119 e. The lowest BCUT2D eigenvalue weighted by Crippen LogP contribution is -2.29. The van der Waals surface area contributed by atoms with Crippen LogP contribution in [0.3, 0.4) is 0 Å². The molecule has 0 spiro atoms. The highest BCUT2D eigenvalue weighted by molar-refractivity contribution is 5.50. The summed E-state index contributed by atoms with van der Waals surface area (Å²) in [5, 5.41) is 11.7. The SMILES string of the molecule is CCCc1ccccc1C(C)(C)Cc1ccc(O)c(CC(C)(C)c2ccccc2CCC)c1CC(C)(C)c1ccccc1CCC. The summed E-state index contributed by atoms with van der Waals surface area (Å²) in [5.41, 5.74) is 12.1. The summed E-state index contributed by atoms with van der Waals surface area (Å²) in [5.74, 6) is 0.432. The molecule has 1 nitrogen and oxygen atoms in total. The molecule has 0 aliphatic heterocycles. The van der Waals surface area contributed by atoms with Crippen LogP contribution in [-0.4, -0.2) is 5.11 Å². The average molecular weight is 617 g/mol. The molecule has 4 aromatic carbocycles. The first-order valence-electron chi connectivity index (χ1n) is 17.9. The van der Waals surface area contributed by atoms with E-state index in [0.717, 1.165) is 63.4 Å². The van der Waals surface area contributed by atoms with E-state index in [1.807, 2.05) is 6.07 Å². The molecule has 0 aliphatic rings. The van der Waals surface area contributed by atoms with Gasteiger partial charge in [-0.2, -0.15) is 0 Å². The van der Waals surface area contributed by atoms with Gasteiger partial charge in [-0.15, -0.1) is 0 Å². The number of aromatic hydroxyl groups is 1. The second-order valence-electron chi connectivity index (χ2n) is 15.6. The van der Waals surface area contributed by atoms with Crippen LogP contribution in [0.15, 0.2) is 84.9 Å². The van der Waals surface area contributed by atoms with Gasteiger partial charge in [-0.25, -0.2) is 0 Å². The van der Waals surface area contributed by atoms with Crippen LogP contribution in [0.2, 0.25) is 0 Å². The van der Waals surface area contributed by atoms with Crippen LogP contribution < -0.4 is 0 Å². The molecule has 246 valence electrons. The van der Waals surface area contributed by atoms with E-state index in [1.54, 1.807) is 0 Å². The Balaban J connectivity index is 1.88.